The number of anilines is 1. The lowest BCUT2D eigenvalue weighted by atomic mass is 10.2. The first-order valence-corrected chi connectivity index (χ1v) is 10.1. The summed E-state index contributed by atoms with van der Waals surface area (Å²) in [5, 5.41) is 0. The highest BCUT2D eigenvalue weighted by molar-refractivity contribution is 9.10. The molecular weight excluding hydrogens is 414 g/mol. The van der Waals surface area contributed by atoms with Gasteiger partial charge in [0.05, 0.1) is 16.7 Å². The molecule has 2 N–H and O–H groups in total. The van der Waals surface area contributed by atoms with Crippen LogP contribution in [0.5, 0.6) is 0 Å². The fourth-order valence-electron chi connectivity index (χ4n) is 2.72. The molecule has 3 aromatic carbocycles. The first-order chi connectivity index (χ1) is 12.5. The highest BCUT2D eigenvalue weighted by Gasteiger charge is 2.19. The van der Waals surface area contributed by atoms with Gasteiger partial charge in [-0.2, -0.15) is 0 Å². The average molecular weight is 428 g/mol. The fourth-order valence-corrected chi connectivity index (χ4v) is 4.81. The van der Waals surface area contributed by atoms with Crippen molar-refractivity contribution in [3.8, 4) is 11.4 Å². The van der Waals surface area contributed by atoms with Crippen molar-refractivity contribution in [2.24, 2.45) is 0 Å². The molecule has 0 saturated carbocycles. The van der Waals surface area contributed by atoms with Gasteiger partial charge in [0.25, 0.3) is 10.0 Å². The van der Waals surface area contributed by atoms with Gasteiger partial charge in [0.2, 0.25) is 0 Å². The van der Waals surface area contributed by atoms with Gasteiger partial charge in [-0.3, -0.25) is 4.72 Å². The van der Waals surface area contributed by atoms with Crippen LogP contribution < -0.4 is 4.72 Å². The number of para-hydroxylation sites is 3. The Morgan fingerprint density at radius 2 is 1.58 bits per heavy atom. The van der Waals surface area contributed by atoms with Crippen molar-refractivity contribution < 1.29 is 8.42 Å². The molecule has 0 radical (unpaired) electrons. The molecule has 130 valence electrons. The SMILES string of the molecule is O=S(=O)(Nc1ccccc1-c1nc2ccccc2[nH]1)c1ccccc1Br. The van der Waals surface area contributed by atoms with Gasteiger partial charge in [0.1, 0.15) is 10.7 Å². The third kappa shape index (κ3) is 3.11. The molecule has 1 aromatic heterocycles. The Labute approximate surface area is 159 Å². The van der Waals surface area contributed by atoms with Crippen molar-refractivity contribution in [2.45, 2.75) is 4.90 Å². The van der Waals surface area contributed by atoms with Crippen LogP contribution in [-0.4, -0.2) is 18.4 Å². The quantitative estimate of drug-likeness (QED) is 0.491. The fraction of sp³-hybridized carbons (Fsp3) is 0. The van der Waals surface area contributed by atoms with Gasteiger partial charge in [0, 0.05) is 10.0 Å². The molecule has 0 fully saturated rings. The third-order valence-corrected chi connectivity index (χ3v) is 6.32. The van der Waals surface area contributed by atoms with E-state index in [1.807, 2.05) is 36.4 Å². The van der Waals surface area contributed by atoms with Crippen LogP contribution in [0, 0.1) is 0 Å². The number of sulfonamides is 1. The van der Waals surface area contributed by atoms with E-state index >= 15 is 0 Å². The van der Waals surface area contributed by atoms with Crippen LogP contribution in [0.1, 0.15) is 0 Å². The van der Waals surface area contributed by atoms with E-state index in [1.54, 1.807) is 36.4 Å². The normalized spacial score (nSPS) is 11.6. The van der Waals surface area contributed by atoms with Crippen molar-refractivity contribution in [3.05, 3.63) is 77.3 Å². The molecule has 0 aliphatic rings. The molecule has 0 spiro atoms. The van der Waals surface area contributed by atoms with Crippen LogP contribution in [0.3, 0.4) is 0 Å². The van der Waals surface area contributed by atoms with E-state index in [0.717, 1.165) is 11.0 Å². The molecular formula is C19H14BrN3O2S. The van der Waals surface area contributed by atoms with Crippen LogP contribution in [0.25, 0.3) is 22.4 Å². The zero-order valence-corrected chi connectivity index (χ0v) is 15.9. The first-order valence-electron chi connectivity index (χ1n) is 7.86. The molecule has 0 saturated heterocycles. The van der Waals surface area contributed by atoms with Gasteiger partial charge >= 0.3 is 0 Å². The predicted octanol–water partition coefficient (Wildman–Crippen LogP) is 4.79. The lowest BCUT2D eigenvalue weighted by molar-refractivity contribution is 0.601. The molecule has 7 heteroatoms. The van der Waals surface area contributed by atoms with Crippen molar-refractivity contribution in [1.82, 2.24) is 9.97 Å². The second-order valence-corrected chi connectivity index (χ2v) is 8.19. The maximum atomic E-state index is 12.8. The van der Waals surface area contributed by atoms with Crippen LogP contribution >= 0.6 is 15.9 Å². The first kappa shape index (κ1) is 16.8. The Bertz CT molecular complexity index is 1170. The number of fused-ring (bicyclic) bond motifs is 1. The van der Waals surface area contributed by atoms with Crippen LogP contribution in [0.15, 0.2) is 82.2 Å². The van der Waals surface area contributed by atoms with Crippen LogP contribution in [0.4, 0.5) is 5.69 Å². The molecule has 0 aliphatic heterocycles. The zero-order valence-electron chi connectivity index (χ0n) is 13.5. The Kier molecular flexibility index (Phi) is 4.26. The van der Waals surface area contributed by atoms with Crippen molar-refractivity contribution in [2.75, 3.05) is 4.72 Å². The van der Waals surface area contributed by atoms with Crippen molar-refractivity contribution in [3.63, 3.8) is 0 Å². The minimum absolute atomic E-state index is 0.180. The van der Waals surface area contributed by atoms with E-state index in [9.17, 15) is 8.42 Å². The number of nitrogens with one attached hydrogen (secondary N) is 2. The summed E-state index contributed by atoms with van der Waals surface area (Å²) in [5.41, 5.74) is 2.86. The van der Waals surface area contributed by atoms with E-state index in [0.29, 0.717) is 21.5 Å². The summed E-state index contributed by atoms with van der Waals surface area (Å²) >= 11 is 3.29. The minimum atomic E-state index is -3.74. The number of hydrogen-bond donors (Lipinski definition) is 2. The molecule has 4 rings (SSSR count). The Hall–Kier alpha value is -2.64. The summed E-state index contributed by atoms with van der Waals surface area (Å²) in [6.45, 7) is 0. The van der Waals surface area contributed by atoms with Gasteiger partial charge in [-0.05, 0) is 52.3 Å². The number of aromatic nitrogens is 2. The van der Waals surface area contributed by atoms with Gasteiger partial charge in [-0.25, -0.2) is 13.4 Å². The van der Waals surface area contributed by atoms with Crippen molar-refractivity contribution >= 4 is 42.7 Å². The average Bonchev–Trinajstić information content (AvgIpc) is 3.06. The molecule has 0 bridgehead atoms. The number of hydrogen-bond acceptors (Lipinski definition) is 3. The molecule has 0 aliphatic carbocycles. The predicted molar refractivity (Wildman–Crippen MR) is 106 cm³/mol. The molecule has 1 heterocycles. The lowest BCUT2D eigenvalue weighted by Gasteiger charge is -2.12. The molecule has 5 nitrogen and oxygen atoms in total. The van der Waals surface area contributed by atoms with E-state index in [-0.39, 0.29) is 4.90 Å². The second-order valence-electron chi connectivity index (χ2n) is 5.68. The molecule has 26 heavy (non-hydrogen) atoms. The topological polar surface area (TPSA) is 74.8 Å². The van der Waals surface area contributed by atoms with Crippen molar-refractivity contribution in [1.29, 1.82) is 0 Å². The number of rotatable bonds is 4. The Morgan fingerprint density at radius 3 is 2.38 bits per heavy atom. The minimum Gasteiger partial charge on any atom is -0.338 e. The van der Waals surface area contributed by atoms with Crippen LogP contribution in [0.2, 0.25) is 0 Å². The summed E-state index contributed by atoms with van der Waals surface area (Å²) < 4.78 is 28.8. The zero-order chi connectivity index (χ0) is 18.1. The maximum Gasteiger partial charge on any atom is 0.263 e. The van der Waals surface area contributed by atoms with E-state index < -0.39 is 10.0 Å². The highest BCUT2D eigenvalue weighted by atomic mass is 79.9. The van der Waals surface area contributed by atoms with E-state index in [2.05, 4.69) is 30.6 Å². The maximum absolute atomic E-state index is 12.8. The molecule has 0 unspecified atom stereocenters. The lowest BCUT2D eigenvalue weighted by Crippen LogP contribution is -2.14. The summed E-state index contributed by atoms with van der Waals surface area (Å²) in [7, 11) is -3.74. The number of benzene rings is 3. The smallest absolute Gasteiger partial charge is 0.263 e. The van der Waals surface area contributed by atoms with Gasteiger partial charge in [0.15, 0.2) is 0 Å². The summed E-state index contributed by atoms with van der Waals surface area (Å²) in [6, 6.07) is 21.5. The standard InChI is InChI=1S/C19H14BrN3O2S/c20-14-8-2-6-12-18(14)26(24,25)23-15-9-3-1-7-13(15)19-21-16-10-4-5-11-17(16)22-19/h1-12,23H,(H,21,22). The summed E-state index contributed by atoms with van der Waals surface area (Å²) in [4.78, 5) is 7.98. The number of aromatic amines is 1. The molecule has 0 atom stereocenters. The number of nitrogens with zero attached hydrogens (tertiary/aromatic N) is 1. The molecule has 0 amide bonds. The number of imidazole rings is 1. The number of halogens is 1. The van der Waals surface area contributed by atoms with Gasteiger partial charge in [-0.15, -0.1) is 0 Å². The summed E-state index contributed by atoms with van der Waals surface area (Å²) in [6.07, 6.45) is 0. The van der Waals surface area contributed by atoms with Gasteiger partial charge < -0.3 is 4.98 Å². The third-order valence-electron chi connectivity index (χ3n) is 3.94. The summed E-state index contributed by atoms with van der Waals surface area (Å²) in [5.74, 6) is 0.608. The Morgan fingerprint density at radius 1 is 0.885 bits per heavy atom. The largest absolute Gasteiger partial charge is 0.338 e. The number of H-pyrrole nitrogens is 1. The Balaban J connectivity index is 1.78. The van der Waals surface area contributed by atoms with Crippen LogP contribution in [-0.2, 0) is 10.0 Å². The second kappa shape index (κ2) is 6.59. The van der Waals surface area contributed by atoms with E-state index in [4.69, 9.17) is 0 Å². The monoisotopic (exact) mass is 427 g/mol. The van der Waals surface area contributed by atoms with E-state index in [1.165, 1.54) is 0 Å². The molecule has 4 aromatic rings. The highest BCUT2D eigenvalue weighted by Crippen LogP contribution is 2.30. The van der Waals surface area contributed by atoms with Gasteiger partial charge in [-0.1, -0.05) is 36.4 Å².